The van der Waals surface area contributed by atoms with Gasteiger partial charge in [0.25, 0.3) is 0 Å². The summed E-state index contributed by atoms with van der Waals surface area (Å²) in [5.41, 5.74) is 0.482. The molecular weight excluding hydrogens is 290 g/mol. The zero-order chi connectivity index (χ0) is 16.0. The van der Waals surface area contributed by atoms with E-state index in [2.05, 4.69) is 0 Å². The minimum Gasteiger partial charge on any atom is -0.494 e. The van der Waals surface area contributed by atoms with E-state index in [9.17, 15) is 13.5 Å². The van der Waals surface area contributed by atoms with Gasteiger partial charge in [-0.25, -0.2) is 8.42 Å². The number of aliphatic hydroxyl groups excluding tert-OH is 1. The van der Waals surface area contributed by atoms with Gasteiger partial charge in [0.15, 0.2) is 0 Å². The Bertz CT molecular complexity index is 553. The van der Waals surface area contributed by atoms with Crippen molar-refractivity contribution in [1.29, 1.82) is 0 Å². The van der Waals surface area contributed by atoms with Gasteiger partial charge in [0, 0.05) is 18.7 Å². The number of rotatable bonds is 8. The second kappa shape index (κ2) is 7.77. The molecule has 0 heterocycles. The van der Waals surface area contributed by atoms with Gasteiger partial charge in [-0.3, -0.25) is 0 Å². The van der Waals surface area contributed by atoms with Gasteiger partial charge < -0.3 is 9.84 Å². The quantitative estimate of drug-likeness (QED) is 0.800. The molecule has 0 aliphatic carbocycles. The van der Waals surface area contributed by atoms with Crippen LogP contribution in [0.25, 0.3) is 0 Å². The topological polar surface area (TPSA) is 66.8 Å². The number of ether oxygens (including phenoxy) is 1. The zero-order valence-corrected chi connectivity index (χ0v) is 14.0. The van der Waals surface area contributed by atoms with E-state index in [-0.39, 0.29) is 17.5 Å². The first-order valence-corrected chi connectivity index (χ1v) is 8.70. The molecule has 6 heteroatoms. The maximum Gasteiger partial charge on any atom is 0.243 e. The molecule has 0 saturated carbocycles. The number of nitrogens with zero attached hydrogens (tertiary/aromatic N) is 1. The largest absolute Gasteiger partial charge is 0.494 e. The van der Waals surface area contributed by atoms with E-state index >= 15 is 0 Å². The predicted molar refractivity (Wildman–Crippen MR) is 82.9 cm³/mol. The van der Waals surface area contributed by atoms with Gasteiger partial charge in [0.05, 0.1) is 18.1 Å². The maximum atomic E-state index is 12.6. The highest BCUT2D eigenvalue weighted by molar-refractivity contribution is 7.89. The van der Waals surface area contributed by atoms with E-state index < -0.39 is 10.0 Å². The highest BCUT2D eigenvalue weighted by atomic mass is 32.2. The molecule has 0 aromatic heterocycles. The average molecular weight is 315 g/mol. The molecule has 0 fully saturated rings. The molecule has 1 N–H and O–H groups in total. The molecule has 0 unspecified atom stereocenters. The summed E-state index contributed by atoms with van der Waals surface area (Å²) in [4.78, 5) is 0.185. The molecule has 0 saturated heterocycles. The van der Waals surface area contributed by atoms with Crippen LogP contribution in [-0.4, -0.2) is 37.5 Å². The molecule has 1 aromatic rings. The Kier molecular flexibility index (Phi) is 6.64. The maximum absolute atomic E-state index is 12.6. The summed E-state index contributed by atoms with van der Waals surface area (Å²) in [6, 6.07) is 4.58. The van der Waals surface area contributed by atoms with Crippen molar-refractivity contribution in [1.82, 2.24) is 4.31 Å². The molecule has 0 atom stereocenters. The predicted octanol–water partition coefficient (Wildman–Crippen LogP) is 2.39. The summed E-state index contributed by atoms with van der Waals surface area (Å²) >= 11 is 0. The van der Waals surface area contributed by atoms with Crippen molar-refractivity contribution in [3.8, 4) is 5.75 Å². The molecule has 0 bridgehead atoms. The fourth-order valence-corrected chi connectivity index (χ4v) is 3.86. The molecule has 5 nitrogen and oxygen atoms in total. The molecule has 21 heavy (non-hydrogen) atoms. The third-order valence-electron chi connectivity index (χ3n) is 3.64. The molecule has 0 radical (unpaired) electrons. The molecule has 0 spiro atoms. The van der Waals surface area contributed by atoms with Gasteiger partial charge in [0.2, 0.25) is 10.0 Å². The fourth-order valence-electron chi connectivity index (χ4n) is 2.30. The summed E-state index contributed by atoms with van der Waals surface area (Å²) in [5, 5.41) is 9.39. The Morgan fingerprint density at radius 3 is 2.33 bits per heavy atom. The van der Waals surface area contributed by atoms with Crippen LogP contribution in [0, 0.1) is 0 Å². The monoisotopic (exact) mass is 315 g/mol. The minimum atomic E-state index is -3.56. The van der Waals surface area contributed by atoms with Crippen LogP contribution in [0.1, 0.15) is 39.2 Å². The lowest BCUT2D eigenvalue weighted by atomic mass is 10.2. The van der Waals surface area contributed by atoms with Crippen molar-refractivity contribution in [2.45, 2.75) is 51.2 Å². The van der Waals surface area contributed by atoms with E-state index in [0.717, 1.165) is 12.8 Å². The lowest BCUT2D eigenvalue weighted by Crippen LogP contribution is -2.36. The lowest BCUT2D eigenvalue weighted by Gasteiger charge is -2.25. The first-order valence-electron chi connectivity index (χ1n) is 7.26. The van der Waals surface area contributed by atoms with E-state index in [0.29, 0.717) is 17.9 Å². The van der Waals surface area contributed by atoms with Crippen molar-refractivity contribution >= 4 is 10.0 Å². The number of hydrogen-bond donors (Lipinski definition) is 1. The molecule has 1 rings (SSSR count). The van der Waals surface area contributed by atoms with E-state index in [1.807, 2.05) is 20.8 Å². The molecule has 0 aliphatic heterocycles. The normalized spacial score (nSPS) is 12.1. The third kappa shape index (κ3) is 3.96. The molecule has 0 amide bonds. The van der Waals surface area contributed by atoms with Crippen LogP contribution in [0.15, 0.2) is 23.1 Å². The second-order valence-electron chi connectivity index (χ2n) is 4.85. The summed E-state index contributed by atoms with van der Waals surface area (Å²) in [6.07, 6.45) is 1.52. The van der Waals surface area contributed by atoms with Crippen LogP contribution in [0.4, 0.5) is 0 Å². The molecular formula is C15H25NO4S. The number of hydrogen-bond acceptors (Lipinski definition) is 4. The number of sulfonamides is 1. The Balaban J connectivity index is 3.20. The molecule has 0 aliphatic rings. The minimum absolute atomic E-state index is 0.0286. The van der Waals surface area contributed by atoms with Crippen LogP contribution in [0.5, 0.6) is 5.75 Å². The van der Waals surface area contributed by atoms with Gasteiger partial charge in [-0.05, 0) is 38.0 Å². The highest BCUT2D eigenvalue weighted by Crippen LogP contribution is 2.26. The standard InChI is InChI=1S/C15H25NO4S/c1-5-13(6-2)16(4)21(18,19)14-8-9-15(20-7-3)12(10-14)11-17/h8-10,13,17H,5-7,11H2,1-4H3. The fraction of sp³-hybridized carbons (Fsp3) is 0.600. The van der Waals surface area contributed by atoms with Crippen LogP contribution >= 0.6 is 0 Å². The van der Waals surface area contributed by atoms with E-state index in [1.165, 1.54) is 16.4 Å². The van der Waals surface area contributed by atoms with Crippen LogP contribution in [-0.2, 0) is 16.6 Å². The van der Waals surface area contributed by atoms with E-state index in [1.54, 1.807) is 13.1 Å². The van der Waals surface area contributed by atoms with Crippen molar-refractivity contribution in [2.75, 3.05) is 13.7 Å². The Hall–Kier alpha value is -1.11. The van der Waals surface area contributed by atoms with Crippen molar-refractivity contribution < 1.29 is 18.3 Å². The summed E-state index contributed by atoms with van der Waals surface area (Å²) < 4.78 is 32.0. The summed E-state index contributed by atoms with van der Waals surface area (Å²) in [5.74, 6) is 0.518. The Labute approximate surface area is 127 Å². The van der Waals surface area contributed by atoms with E-state index in [4.69, 9.17) is 4.74 Å². The Morgan fingerprint density at radius 1 is 1.24 bits per heavy atom. The number of aliphatic hydroxyl groups is 1. The van der Waals surface area contributed by atoms with Crippen LogP contribution < -0.4 is 4.74 Å². The molecule has 1 aromatic carbocycles. The Morgan fingerprint density at radius 2 is 1.86 bits per heavy atom. The second-order valence-corrected chi connectivity index (χ2v) is 6.85. The zero-order valence-electron chi connectivity index (χ0n) is 13.2. The average Bonchev–Trinajstić information content (AvgIpc) is 2.48. The summed E-state index contributed by atoms with van der Waals surface area (Å²) in [7, 11) is -1.96. The SMILES string of the molecule is CCOc1ccc(S(=O)(=O)N(C)C(CC)CC)cc1CO. The van der Waals surface area contributed by atoms with Crippen molar-refractivity contribution in [3.63, 3.8) is 0 Å². The van der Waals surface area contributed by atoms with Crippen LogP contribution in [0.3, 0.4) is 0 Å². The molecule has 120 valence electrons. The number of benzene rings is 1. The lowest BCUT2D eigenvalue weighted by molar-refractivity contribution is 0.266. The van der Waals surface area contributed by atoms with Crippen molar-refractivity contribution in [3.05, 3.63) is 23.8 Å². The van der Waals surface area contributed by atoms with Gasteiger partial charge in [-0.15, -0.1) is 0 Å². The van der Waals surface area contributed by atoms with Crippen LogP contribution in [0.2, 0.25) is 0 Å². The highest BCUT2D eigenvalue weighted by Gasteiger charge is 2.26. The first kappa shape index (κ1) is 17.9. The third-order valence-corrected chi connectivity index (χ3v) is 5.54. The smallest absolute Gasteiger partial charge is 0.243 e. The van der Waals surface area contributed by atoms with Gasteiger partial charge in [0.1, 0.15) is 5.75 Å². The van der Waals surface area contributed by atoms with Gasteiger partial charge in [-0.1, -0.05) is 13.8 Å². The van der Waals surface area contributed by atoms with Gasteiger partial charge in [-0.2, -0.15) is 4.31 Å². The van der Waals surface area contributed by atoms with Crippen molar-refractivity contribution in [2.24, 2.45) is 0 Å². The van der Waals surface area contributed by atoms with Gasteiger partial charge >= 0.3 is 0 Å². The first-order chi connectivity index (χ1) is 9.92. The summed E-state index contributed by atoms with van der Waals surface area (Å²) in [6.45, 7) is 5.99.